The van der Waals surface area contributed by atoms with Crippen LogP contribution in [0.2, 0.25) is 0 Å². The highest BCUT2D eigenvalue weighted by atomic mass is 31.2. The van der Waals surface area contributed by atoms with Gasteiger partial charge < -0.3 is 34.2 Å². The molecule has 18 heteroatoms. The summed E-state index contributed by atoms with van der Waals surface area (Å²) < 4.78 is 61.6. The first-order valence-electron chi connectivity index (χ1n) is 49.1. The summed E-state index contributed by atoms with van der Waals surface area (Å²) in [5.74, 6) is -1.57. The molecule has 0 rings (SSSR count). The van der Waals surface area contributed by atoms with Gasteiger partial charge in [-0.3, -0.25) is 32.5 Å². The summed E-state index contributed by atoms with van der Waals surface area (Å²) in [5, 5.41) is 20.8. The van der Waals surface area contributed by atoms with Gasteiger partial charge in [0.15, 0.2) is 6.10 Å². The number of ether oxygens (including phenoxy) is 3. The fourth-order valence-corrected chi connectivity index (χ4v) is 15.1. The lowest BCUT2D eigenvalue weighted by Gasteiger charge is -2.21. The topological polar surface area (TPSA) is 231 Å². The number of rotatable bonds is 93. The molecule has 0 saturated heterocycles. The highest BCUT2D eigenvalue weighted by Gasteiger charge is 2.30. The average Bonchev–Trinajstić information content (AvgIpc) is 0.884. The molecule has 5 atom stereocenters. The van der Waals surface area contributed by atoms with Gasteiger partial charge in [0.2, 0.25) is 0 Å². The minimum absolute atomic E-state index is 0.0906. The van der Waals surface area contributed by atoms with E-state index in [-0.39, 0.29) is 19.3 Å². The molecule has 0 amide bonds. The van der Waals surface area contributed by atoms with Crippen molar-refractivity contribution in [2.75, 3.05) is 39.6 Å². The maximum Gasteiger partial charge on any atom is 0.472 e. The number of phosphoric ester groups is 2. The van der Waals surface area contributed by atoms with Crippen LogP contribution in [0.25, 0.3) is 0 Å². The average molecular weight is 1740 g/mol. The van der Waals surface area contributed by atoms with Crippen molar-refractivity contribution >= 4 is 33.6 Å². The number of hydrogen-bond donors (Lipinski definition) is 4. The molecule has 0 aromatic heterocycles. The Morgan fingerprint density at radius 2 is 0.413 bits per heavy atom. The second-order valence-corrected chi connectivity index (χ2v) is 35.8. The monoisotopic (exact) mass is 1740 g/mol. The van der Waals surface area contributed by atoms with Crippen molar-refractivity contribution in [3.63, 3.8) is 0 Å². The highest BCUT2D eigenvalue weighted by Crippen LogP contribution is 2.45. The summed E-state index contributed by atoms with van der Waals surface area (Å²) in [6.45, 7) is 2.66. The molecule has 4 N–H and O–H groups in total. The van der Waals surface area contributed by atoms with Crippen molar-refractivity contribution in [2.45, 2.75) is 450 Å². The number of aliphatic hydroxyl groups excluding tert-OH is 2. The van der Waals surface area contributed by atoms with Gasteiger partial charge in [-0.2, -0.15) is 0 Å². The Morgan fingerprint density at radius 1 is 0.231 bits per heavy atom. The van der Waals surface area contributed by atoms with E-state index in [1.807, 2.05) is 0 Å². The summed E-state index contributed by atoms with van der Waals surface area (Å²) in [7, 11) is -9.82. The van der Waals surface area contributed by atoms with E-state index < -0.39 is 91.5 Å². The van der Waals surface area contributed by atoms with Crippen LogP contribution in [0, 0.1) is 0 Å². The first-order chi connectivity index (χ1) is 59.2. The molecular formula is C103H180O16P2. The summed E-state index contributed by atoms with van der Waals surface area (Å²) in [6, 6.07) is 0. The van der Waals surface area contributed by atoms with E-state index >= 15 is 0 Å². The van der Waals surface area contributed by atoms with Crippen molar-refractivity contribution in [3.05, 3.63) is 146 Å². The molecule has 698 valence electrons. The molecule has 0 bridgehead atoms. The predicted molar refractivity (Wildman–Crippen MR) is 509 cm³/mol. The second kappa shape index (κ2) is 94.6. The van der Waals surface area contributed by atoms with Gasteiger partial charge in [-0.1, -0.05) is 404 Å². The molecule has 121 heavy (non-hydrogen) atoms. The zero-order valence-corrected chi connectivity index (χ0v) is 79.0. The van der Waals surface area contributed by atoms with Crippen molar-refractivity contribution in [1.29, 1.82) is 0 Å². The molecule has 0 aromatic rings. The van der Waals surface area contributed by atoms with E-state index in [2.05, 4.69) is 167 Å². The zero-order chi connectivity index (χ0) is 87.9. The lowest BCUT2D eigenvalue weighted by Crippen LogP contribution is -2.30. The third kappa shape index (κ3) is 95.9. The van der Waals surface area contributed by atoms with Gasteiger partial charge in [-0.25, -0.2) is 9.13 Å². The van der Waals surface area contributed by atoms with E-state index in [1.165, 1.54) is 231 Å². The summed E-state index contributed by atoms with van der Waals surface area (Å²) in [4.78, 5) is 59.1. The van der Waals surface area contributed by atoms with E-state index in [4.69, 9.17) is 32.3 Å². The number of carbonyl (C=O) groups excluding carboxylic acids is 3. The Morgan fingerprint density at radius 3 is 0.653 bits per heavy atom. The number of unbranched alkanes of at least 4 members (excludes halogenated alkanes) is 46. The van der Waals surface area contributed by atoms with Gasteiger partial charge in [0.25, 0.3) is 0 Å². The standard InChI is InChI=1S/C103H180O16P2/c1-4-7-10-13-16-19-22-25-28-31-34-37-40-42-44-46-48-50-52-54-57-59-62-65-68-71-74-77-80-83-86-89-101(106)113-92-98(104)93-115-120(109,110)116-94-99(105)95-117-121(111,112)118-97-100(119-103(108)91-88-85-82-79-76-73-70-67-64-61-56-39-36-33-30-27-24-21-18-15-12-9-6-3)96-114-102(107)90-87-84-81-78-75-72-69-66-63-60-58-55-53-51-49-47-45-43-41-38-35-32-29-26-23-20-17-14-11-8-5-2/h16-21,25-30,34-39,42-45,61,64,98-100,104-105H,4-15,22-24,31-33,40-41,46-60,62-63,65-97H2,1-3H3,(H,109,110)(H,111,112)/b19-16-,20-17-,21-18-,28-25-,29-26-,30-27-,37-34-,38-35-,39-36-,44-42-,45-43-,64-61-. The summed E-state index contributed by atoms with van der Waals surface area (Å²) in [6.07, 6.45) is 120. The normalized spacial score (nSPS) is 14.3. The van der Waals surface area contributed by atoms with Crippen LogP contribution >= 0.6 is 15.6 Å². The first kappa shape index (κ1) is 116. The third-order valence-electron chi connectivity index (χ3n) is 21.0. The van der Waals surface area contributed by atoms with E-state index in [1.54, 1.807) is 0 Å². The number of esters is 3. The molecule has 5 unspecified atom stereocenters. The molecule has 0 aliphatic heterocycles. The largest absolute Gasteiger partial charge is 0.472 e. The fourth-order valence-electron chi connectivity index (χ4n) is 13.5. The number of allylic oxidation sites excluding steroid dienone is 24. The molecule has 0 aliphatic rings. The second-order valence-electron chi connectivity index (χ2n) is 32.9. The van der Waals surface area contributed by atoms with Crippen LogP contribution < -0.4 is 0 Å². The SMILES string of the molecule is CCCCC/C=C\C/C=C\C/C=C\C/C=C\CCCCCCCCCCCCCCCCCC(=O)OCC(O)COP(=O)(O)OCC(O)COP(=O)(O)OCC(COC(=O)CCCCCCCCCCCCCCCCC/C=C\C/C=C\C/C=C\C/C=C\CCCCC)OC(=O)CCCCCCCCC/C=C\C/C=C\C/C=C\C/C=C\CCCCC. The summed E-state index contributed by atoms with van der Waals surface area (Å²) in [5.41, 5.74) is 0. The van der Waals surface area contributed by atoms with Gasteiger partial charge in [-0.05, 0) is 154 Å². The van der Waals surface area contributed by atoms with Crippen LogP contribution in [0.4, 0.5) is 0 Å². The van der Waals surface area contributed by atoms with Crippen molar-refractivity contribution in [3.8, 4) is 0 Å². The van der Waals surface area contributed by atoms with Crippen molar-refractivity contribution < 1.29 is 75.8 Å². The minimum Gasteiger partial charge on any atom is -0.463 e. The lowest BCUT2D eigenvalue weighted by atomic mass is 10.0. The van der Waals surface area contributed by atoms with E-state index in [9.17, 15) is 43.5 Å². The van der Waals surface area contributed by atoms with Crippen molar-refractivity contribution in [2.24, 2.45) is 0 Å². The molecule has 0 heterocycles. The Balaban J connectivity index is 4.60. The number of carbonyl (C=O) groups is 3. The third-order valence-corrected chi connectivity index (χ3v) is 22.9. The molecule has 0 fully saturated rings. The fraction of sp³-hybridized carbons (Fsp3) is 0.738. The Labute approximate surface area is 740 Å². The molecular weight excluding hydrogens is 1560 g/mol. The number of hydrogen-bond acceptors (Lipinski definition) is 14. The number of phosphoric acid groups is 2. The Bertz CT molecular complexity index is 2780. The first-order valence-corrected chi connectivity index (χ1v) is 52.1. The van der Waals surface area contributed by atoms with E-state index in [0.717, 1.165) is 141 Å². The number of aliphatic hydroxyl groups is 2. The molecule has 0 spiro atoms. The van der Waals surface area contributed by atoms with Crippen LogP contribution in [-0.2, 0) is 55.8 Å². The van der Waals surface area contributed by atoms with Gasteiger partial charge in [0, 0.05) is 19.3 Å². The predicted octanol–water partition coefficient (Wildman–Crippen LogP) is 30.7. The molecule has 0 aromatic carbocycles. The lowest BCUT2D eigenvalue weighted by molar-refractivity contribution is -0.161. The van der Waals surface area contributed by atoms with Gasteiger partial charge in [-0.15, -0.1) is 0 Å². The molecule has 0 saturated carbocycles. The van der Waals surface area contributed by atoms with Crippen LogP contribution in [0.1, 0.15) is 432 Å². The smallest absolute Gasteiger partial charge is 0.463 e. The van der Waals surface area contributed by atoms with Crippen LogP contribution in [0.3, 0.4) is 0 Å². The van der Waals surface area contributed by atoms with E-state index in [0.29, 0.717) is 19.3 Å². The van der Waals surface area contributed by atoms with Crippen LogP contribution in [0.5, 0.6) is 0 Å². The molecule has 0 radical (unpaired) electrons. The van der Waals surface area contributed by atoms with Gasteiger partial charge in [0.05, 0.1) is 26.4 Å². The summed E-state index contributed by atoms with van der Waals surface area (Å²) >= 11 is 0. The maximum absolute atomic E-state index is 13.1. The van der Waals surface area contributed by atoms with Crippen molar-refractivity contribution in [1.82, 2.24) is 0 Å². The zero-order valence-electron chi connectivity index (χ0n) is 77.2. The Kier molecular flexibility index (Phi) is 91.0. The Hall–Kier alpha value is -4.57. The highest BCUT2D eigenvalue weighted by molar-refractivity contribution is 7.47. The van der Waals surface area contributed by atoms with Crippen LogP contribution in [0.15, 0.2) is 146 Å². The molecule has 0 aliphatic carbocycles. The van der Waals surface area contributed by atoms with Gasteiger partial charge in [0.1, 0.15) is 25.4 Å². The minimum atomic E-state index is -4.95. The maximum atomic E-state index is 13.1. The molecule has 16 nitrogen and oxygen atoms in total. The van der Waals surface area contributed by atoms with Gasteiger partial charge >= 0.3 is 33.6 Å². The quantitative estimate of drug-likeness (QED) is 0.0146. The van der Waals surface area contributed by atoms with Crippen LogP contribution in [-0.4, -0.2) is 95.9 Å².